The van der Waals surface area contributed by atoms with Crippen LogP contribution >= 0.6 is 15.9 Å². The highest BCUT2D eigenvalue weighted by Crippen LogP contribution is 2.30. The highest BCUT2D eigenvalue weighted by atomic mass is 79.9. The third-order valence-electron chi connectivity index (χ3n) is 3.41. The zero-order valence-corrected chi connectivity index (χ0v) is 12.9. The Labute approximate surface area is 126 Å². The molecular formula is C14H18BrN3O2. The van der Waals surface area contributed by atoms with E-state index in [4.69, 9.17) is 10.9 Å². The summed E-state index contributed by atoms with van der Waals surface area (Å²) in [6, 6.07) is 5.93. The molecule has 0 radical (unpaired) electrons. The van der Waals surface area contributed by atoms with E-state index in [0.717, 1.165) is 22.9 Å². The standard InChI is InChI=1S/C14H18BrN3O2/c1-9-3-2-4-11(13(9)15)14(19)18(10-5-6-10)8-7-12(16)17-20/h2-4,10,20H,5-8H2,1H3,(H2,16,17). The summed E-state index contributed by atoms with van der Waals surface area (Å²) in [5.41, 5.74) is 7.18. The van der Waals surface area contributed by atoms with Crippen molar-refractivity contribution < 1.29 is 10.0 Å². The summed E-state index contributed by atoms with van der Waals surface area (Å²) < 4.78 is 0.833. The molecule has 0 unspecified atom stereocenters. The molecule has 0 saturated heterocycles. The lowest BCUT2D eigenvalue weighted by Gasteiger charge is -2.23. The molecular weight excluding hydrogens is 322 g/mol. The first kappa shape index (κ1) is 14.8. The number of aryl methyl sites for hydroxylation is 1. The highest BCUT2D eigenvalue weighted by Gasteiger charge is 2.33. The Morgan fingerprint density at radius 2 is 2.25 bits per heavy atom. The molecule has 1 aromatic carbocycles. The number of halogens is 1. The second-order valence-electron chi connectivity index (χ2n) is 5.01. The number of oxime groups is 1. The zero-order valence-electron chi connectivity index (χ0n) is 11.3. The lowest BCUT2D eigenvalue weighted by molar-refractivity contribution is 0.0746. The third kappa shape index (κ3) is 3.30. The van der Waals surface area contributed by atoms with E-state index < -0.39 is 0 Å². The summed E-state index contributed by atoms with van der Waals surface area (Å²) in [7, 11) is 0. The van der Waals surface area contributed by atoms with Crippen molar-refractivity contribution in [3.05, 3.63) is 33.8 Å². The lowest BCUT2D eigenvalue weighted by Crippen LogP contribution is -2.36. The SMILES string of the molecule is Cc1cccc(C(=O)N(CC/C(N)=N/O)C2CC2)c1Br. The van der Waals surface area contributed by atoms with Gasteiger partial charge in [-0.15, -0.1) is 0 Å². The van der Waals surface area contributed by atoms with Crippen LogP contribution in [-0.4, -0.2) is 34.4 Å². The van der Waals surface area contributed by atoms with Crippen molar-refractivity contribution in [1.29, 1.82) is 0 Å². The van der Waals surface area contributed by atoms with Crippen LogP contribution in [-0.2, 0) is 0 Å². The Morgan fingerprint density at radius 3 is 2.85 bits per heavy atom. The Bertz CT molecular complexity index is 541. The van der Waals surface area contributed by atoms with Gasteiger partial charge in [-0.1, -0.05) is 17.3 Å². The van der Waals surface area contributed by atoms with Crippen molar-refractivity contribution >= 4 is 27.7 Å². The quantitative estimate of drug-likeness (QED) is 0.374. The maximum absolute atomic E-state index is 12.7. The van der Waals surface area contributed by atoms with Gasteiger partial charge < -0.3 is 15.8 Å². The van der Waals surface area contributed by atoms with Gasteiger partial charge in [-0.2, -0.15) is 0 Å². The molecule has 1 saturated carbocycles. The second-order valence-corrected chi connectivity index (χ2v) is 5.80. The van der Waals surface area contributed by atoms with Crippen molar-refractivity contribution in [3.8, 4) is 0 Å². The molecule has 0 heterocycles. The number of carbonyl (C=O) groups is 1. The molecule has 1 aromatic rings. The molecule has 3 N–H and O–H groups in total. The molecule has 0 aliphatic heterocycles. The fourth-order valence-electron chi connectivity index (χ4n) is 2.09. The van der Waals surface area contributed by atoms with Crippen LogP contribution in [0.1, 0.15) is 35.2 Å². The van der Waals surface area contributed by atoms with Crippen molar-refractivity contribution in [3.63, 3.8) is 0 Å². The van der Waals surface area contributed by atoms with Crippen LogP contribution in [0, 0.1) is 6.92 Å². The predicted molar refractivity (Wildman–Crippen MR) is 81.0 cm³/mol. The number of amides is 1. The lowest BCUT2D eigenvalue weighted by atomic mass is 10.1. The Hall–Kier alpha value is -1.56. The summed E-state index contributed by atoms with van der Waals surface area (Å²) in [5.74, 6) is 0.139. The van der Waals surface area contributed by atoms with Gasteiger partial charge in [-0.05, 0) is 47.3 Å². The summed E-state index contributed by atoms with van der Waals surface area (Å²) in [6.07, 6.45) is 2.42. The van der Waals surface area contributed by atoms with Gasteiger partial charge in [0.05, 0.1) is 5.56 Å². The van der Waals surface area contributed by atoms with E-state index in [1.54, 1.807) is 0 Å². The van der Waals surface area contributed by atoms with Gasteiger partial charge in [-0.3, -0.25) is 4.79 Å². The summed E-state index contributed by atoms with van der Waals surface area (Å²) >= 11 is 3.48. The van der Waals surface area contributed by atoms with Crippen LogP contribution < -0.4 is 5.73 Å². The van der Waals surface area contributed by atoms with Gasteiger partial charge in [0.25, 0.3) is 5.91 Å². The smallest absolute Gasteiger partial charge is 0.255 e. The van der Waals surface area contributed by atoms with Crippen molar-refractivity contribution in [2.24, 2.45) is 10.9 Å². The van der Waals surface area contributed by atoms with E-state index in [9.17, 15) is 4.79 Å². The van der Waals surface area contributed by atoms with Gasteiger partial charge in [-0.25, -0.2) is 0 Å². The van der Waals surface area contributed by atoms with Crippen LogP contribution in [0.15, 0.2) is 27.8 Å². The van der Waals surface area contributed by atoms with E-state index in [1.165, 1.54) is 0 Å². The predicted octanol–water partition coefficient (Wildman–Crippen LogP) is 2.50. The molecule has 1 amide bonds. The summed E-state index contributed by atoms with van der Waals surface area (Å²) in [5, 5.41) is 11.5. The Kier molecular flexibility index (Phi) is 4.65. The van der Waals surface area contributed by atoms with Crippen LogP contribution in [0.5, 0.6) is 0 Å². The third-order valence-corrected chi connectivity index (χ3v) is 4.46. The highest BCUT2D eigenvalue weighted by molar-refractivity contribution is 9.10. The fourth-order valence-corrected chi connectivity index (χ4v) is 2.52. The number of rotatable bonds is 5. The topological polar surface area (TPSA) is 78.9 Å². The minimum atomic E-state index is -0.00573. The molecule has 108 valence electrons. The van der Waals surface area contributed by atoms with Crippen molar-refractivity contribution in [1.82, 2.24) is 4.90 Å². The van der Waals surface area contributed by atoms with E-state index in [2.05, 4.69) is 21.1 Å². The van der Waals surface area contributed by atoms with Crippen LogP contribution in [0.2, 0.25) is 0 Å². The first-order valence-electron chi connectivity index (χ1n) is 6.57. The van der Waals surface area contributed by atoms with Crippen LogP contribution in [0.25, 0.3) is 0 Å². The van der Waals surface area contributed by atoms with Crippen LogP contribution in [0.3, 0.4) is 0 Å². The number of hydrogen-bond donors (Lipinski definition) is 2. The van der Waals surface area contributed by atoms with E-state index in [1.807, 2.05) is 30.0 Å². The molecule has 1 aliphatic carbocycles. The molecule has 0 bridgehead atoms. The van der Waals surface area contributed by atoms with Crippen molar-refractivity contribution in [2.75, 3.05) is 6.54 Å². The summed E-state index contributed by atoms with van der Waals surface area (Å²) in [4.78, 5) is 14.5. The van der Waals surface area contributed by atoms with Gasteiger partial charge in [0, 0.05) is 23.5 Å². The normalized spacial score (nSPS) is 15.2. The average molecular weight is 340 g/mol. The molecule has 0 spiro atoms. The molecule has 1 aliphatic rings. The van der Waals surface area contributed by atoms with Gasteiger partial charge in [0.1, 0.15) is 5.84 Å². The average Bonchev–Trinajstić information content (AvgIpc) is 3.26. The number of nitrogens with zero attached hydrogens (tertiary/aromatic N) is 2. The van der Waals surface area contributed by atoms with E-state index >= 15 is 0 Å². The largest absolute Gasteiger partial charge is 0.409 e. The van der Waals surface area contributed by atoms with Gasteiger partial charge >= 0.3 is 0 Å². The van der Waals surface area contributed by atoms with Gasteiger partial charge in [0.15, 0.2) is 0 Å². The first-order valence-corrected chi connectivity index (χ1v) is 7.36. The molecule has 20 heavy (non-hydrogen) atoms. The maximum Gasteiger partial charge on any atom is 0.255 e. The first-order chi connectivity index (χ1) is 9.54. The summed E-state index contributed by atoms with van der Waals surface area (Å²) in [6.45, 7) is 2.43. The second kappa shape index (κ2) is 6.26. The molecule has 2 rings (SSSR count). The number of amidine groups is 1. The molecule has 0 aromatic heterocycles. The molecule has 1 fully saturated rings. The minimum absolute atomic E-state index is 0.00573. The van der Waals surface area contributed by atoms with Crippen LogP contribution in [0.4, 0.5) is 0 Å². The Morgan fingerprint density at radius 1 is 1.55 bits per heavy atom. The van der Waals surface area contributed by atoms with Gasteiger partial charge in [0.2, 0.25) is 0 Å². The molecule has 6 heteroatoms. The van der Waals surface area contributed by atoms with E-state index in [0.29, 0.717) is 18.5 Å². The number of nitrogens with two attached hydrogens (primary N) is 1. The Balaban J connectivity index is 2.17. The van der Waals surface area contributed by atoms with E-state index in [-0.39, 0.29) is 17.8 Å². The molecule has 5 nitrogen and oxygen atoms in total. The number of carbonyl (C=O) groups excluding carboxylic acids is 1. The number of hydrogen-bond acceptors (Lipinski definition) is 3. The fraction of sp³-hybridized carbons (Fsp3) is 0.429. The molecule has 0 atom stereocenters. The minimum Gasteiger partial charge on any atom is -0.409 e. The maximum atomic E-state index is 12.7. The monoisotopic (exact) mass is 339 g/mol. The van der Waals surface area contributed by atoms with Crippen molar-refractivity contribution in [2.45, 2.75) is 32.2 Å². The number of benzene rings is 1. The zero-order chi connectivity index (χ0) is 14.7.